The number of ether oxygens (including phenoxy) is 1. The average Bonchev–Trinajstić information content (AvgIpc) is 2.85. The fourth-order valence-corrected chi connectivity index (χ4v) is 2.16. The third kappa shape index (κ3) is 3.60. The molecule has 0 aliphatic rings. The molecule has 0 aliphatic heterocycles. The summed E-state index contributed by atoms with van der Waals surface area (Å²) in [5.41, 5.74) is 0.0359. The van der Waals surface area contributed by atoms with Gasteiger partial charge in [-0.25, -0.2) is 4.98 Å². The average molecular weight is 288 g/mol. The standard InChI is InChI=1S/C12H11F3N2OS/c1-18-9-4-2-3-8(5-9)6-16-11-17-10(7-19-11)12(13,14)15/h2-5,7H,6H2,1H3,(H,16,17). The maximum Gasteiger partial charge on any atom is 0.434 e. The second kappa shape index (κ2) is 5.48. The van der Waals surface area contributed by atoms with Gasteiger partial charge in [-0.15, -0.1) is 11.3 Å². The number of hydrogen-bond acceptors (Lipinski definition) is 4. The molecule has 0 saturated heterocycles. The third-order valence-corrected chi connectivity index (χ3v) is 3.17. The van der Waals surface area contributed by atoms with Crippen LogP contribution in [0.2, 0.25) is 0 Å². The van der Waals surface area contributed by atoms with Crippen molar-refractivity contribution in [2.45, 2.75) is 12.7 Å². The van der Waals surface area contributed by atoms with E-state index in [1.54, 1.807) is 13.2 Å². The van der Waals surface area contributed by atoms with Crippen LogP contribution >= 0.6 is 11.3 Å². The van der Waals surface area contributed by atoms with Gasteiger partial charge in [0.05, 0.1) is 7.11 Å². The van der Waals surface area contributed by atoms with Gasteiger partial charge < -0.3 is 10.1 Å². The van der Waals surface area contributed by atoms with Gasteiger partial charge >= 0.3 is 6.18 Å². The minimum Gasteiger partial charge on any atom is -0.497 e. The van der Waals surface area contributed by atoms with Gasteiger partial charge in [0.1, 0.15) is 5.75 Å². The van der Waals surface area contributed by atoms with Crippen molar-refractivity contribution in [3.63, 3.8) is 0 Å². The number of thiazole rings is 1. The molecule has 7 heteroatoms. The van der Waals surface area contributed by atoms with E-state index < -0.39 is 11.9 Å². The molecule has 0 radical (unpaired) electrons. The molecule has 0 atom stereocenters. The lowest BCUT2D eigenvalue weighted by molar-refractivity contribution is -0.140. The molecule has 0 saturated carbocycles. The molecular formula is C12H11F3N2OS. The fourth-order valence-electron chi connectivity index (χ4n) is 1.45. The summed E-state index contributed by atoms with van der Waals surface area (Å²) in [6.07, 6.45) is -4.40. The molecule has 0 spiro atoms. The zero-order chi connectivity index (χ0) is 13.9. The van der Waals surface area contributed by atoms with E-state index in [4.69, 9.17) is 4.74 Å². The molecule has 0 aliphatic carbocycles. The lowest BCUT2D eigenvalue weighted by atomic mass is 10.2. The normalized spacial score (nSPS) is 11.4. The van der Waals surface area contributed by atoms with Crippen LogP contribution in [-0.4, -0.2) is 12.1 Å². The Kier molecular flexibility index (Phi) is 3.94. The van der Waals surface area contributed by atoms with Crippen molar-refractivity contribution in [3.8, 4) is 5.75 Å². The van der Waals surface area contributed by atoms with E-state index in [2.05, 4.69) is 10.3 Å². The highest BCUT2D eigenvalue weighted by atomic mass is 32.1. The van der Waals surface area contributed by atoms with Crippen LogP contribution in [0.5, 0.6) is 5.75 Å². The predicted molar refractivity (Wildman–Crippen MR) is 67.4 cm³/mol. The minimum absolute atomic E-state index is 0.246. The lowest BCUT2D eigenvalue weighted by Gasteiger charge is -2.05. The molecule has 1 aromatic carbocycles. The molecule has 0 unspecified atom stereocenters. The van der Waals surface area contributed by atoms with Gasteiger partial charge in [0.25, 0.3) is 0 Å². The highest BCUT2D eigenvalue weighted by Crippen LogP contribution is 2.31. The number of halogens is 3. The van der Waals surface area contributed by atoms with Gasteiger partial charge in [-0.05, 0) is 17.7 Å². The Morgan fingerprint density at radius 1 is 1.37 bits per heavy atom. The first-order chi connectivity index (χ1) is 8.99. The summed E-state index contributed by atoms with van der Waals surface area (Å²) in [7, 11) is 1.56. The van der Waals surface area contributed by atoms with Gasteiger partial charge in [0, 0.05) is 11.9 Å². The van der Waals surface area contributed by atoms with Crippen molar-refractivity contribution in [3.05, 3.63) is 40.9 Å². The first-order valence-electron chi connectivity index (χ1n) is 5.38. The first-order valence-corrected chi connectivity index (χ1v) is 6.26. The monoisotopic (exact) mass is 288 g/mol. The quantitative estimate of drug-likeness (QED) is 0.929. The van der Waals surface area contributed by atoms with Crippen LogP contribution < -0.4 is 10.1 Å². The maximum absolute atomic E-state index is 12.4. The van der Waals surface area contributed by atoms with Crippen LogP contribution in [0, 0.1) is 0 Å². The molecule has 19 heavy (non-hydrogen) atoms. The highest BCUT2D eigenvalue weighted by Gasteiger charge is 2.33. The number of rotatable bonds is 4. The van der Waals surface area contributed by atoms with Crippen LogP contribution in [0.1, 0.15) is 11.3 Å². The second-order valence-electron chi connectivity index (χ2n) is 3.74. The summed E-state index contributed by atoms with van der Waals surface area (Å²) in [6.45, 7) is 0.391. The number of methoxy groups -OCH3 is 1. The van der Waals surface area contributed by atoms with E-state index in [0.717, 1.165) is 22.3 Å². The van der Waals surface area contributed by atoms with Crippen LogP contribution in [-0.2, 0) is 12.7 Å². The van der Waals surface area contributed by atoms with Crippen LogP contribution in [0.25, 0.3) is 0 Å². The summed E-state index contributed by atoms with van der Waals surface area (Å²) in [6, 6.07) is 7.28. The zero-order valence-corrected chi connectivity index (χ0v) is 10.8. The van der Waals surface area contributed by atoms with Gasteiger partial charge in [0.15, 0.2) is 10.8 Å². The lowest BCUT2D eigenvalue weighted by Crippen LogP contribution is -2.06. The number of benzene rings is 1. The van der Waals surface area contributed by atoms with Crippen molar-refractivity contribution in [2.24, 2.45) is 0 Å². The molecule has 2 aromatic rings. The largest absolute Gasteiger partial charge is 0.497 e. The Morgan fingerprint density at radius 3 is 2.79 bits per heavy atom. The van der Waals surface area contributed by atoms with E-state index >= 15 is 0 Å². The van der Waals surface area contributed by atoms with E-state index in [1.807, 2.05) is 18.2 Å². The highest BCUT2D eigenvalue weighted by molar-refractivity contribution is 7.13. The van der Waals surface area contributed by atoms with Crippen molar-refractivity contribution < 1.29 is 17.9 Å². The fraction of sp³-hybridized carbons (Fsp3) is 0.250. The second-order valence-corrected chi connectivity index (χ2v) is 4.60. The number of hydrogen-bond donors (Lipinski definition) is 1. The molecular weight excluding hydrogens is 277 g/mol. The molecule has 1 aromatic heterocycles. The Bertz CT molecular complexity index is 554. The summed E-state index contributed by atoms with van der Waals surface area (Å²) in [5, 5.41) is 4.10. The van der Waals surface area contributed by atoms with Gasteiger partial charge in [0.2, 0.25) is 0 Å². The molecule has 0 fully saturated rings. The van der Waals surface area contributed by atoms with Crippen molar-refractivity contribution in [2.75, 3.05) is 12.4 Å². The smallest absolute Gasteiger partial charge is 0.434 e. The number of aromatic nitrogens is 1. The van der Waals surface area contributed by atoms with Crippen molar-refractivity contribution in [1.29, 1.82) is 0 Å². The predicted octanol–water partition coefficient (Wildman–Crippen LogP) is 3.78. The molecule has 0 amide bonds. The molecule has 1 N–H and O–H groups in total. The van der Waals surface area contributed by atoms with Crippen molar-refractivity contribution in [1.82, 2.24) is 4.98 Å². The van der Waals surface area contributed by atoms with Crippen LogP contribution in [0.3, 0.4) is 0 Å². The van der Waals surface area contributed by atoms with Crippen LogP contribution in [0.15, 0.2) is 29.6 Å². The SMILES string of the molecule is COc1cccc(CNc2nc(C(F)(F)F)cs2)c1. The summed E-state index contributed by atoms with van der Waals surface area (Å²) in [4.78, 5) is 3.49. The topological polar surface area (TPSA) is 34.1 Å². The minimum atomic E-state index is -4.40. The van der Waals surface area contributed by atoms with Gasteiger partial charge in [-0.3, -0.25) is 0 Å². The molecule has 0 bridgehead atoms. The van der Waals surface area contributed by atoms with Crippen molar-refractivity contribution >= 4 is 16.5 Å². The van der Waals surface area contributed by atoms with Crippen LogP contribution in [0.4, 0.5) is 18.3 Å². The Labute approximate surface area is 112 Å². The van der Waals surface area contributed by atoms with E-state index in [0.29, 0.717) is 12.3 Å². The van der Waals surface area contributed by atoms with E-state index in [9.17, 15) is 13.2 Å². The molecule has 102 valence electrons. The zero-order valence-electron chi connectivity index (χ0n) is 9.99. The number of nitrogens with one attached hydrogen (secondary N) is 1. The Balaban J connectivity index is 2.00. The first kappa shape index (κ1) is 13.7. The summed E-state index contributed by atoms with van der Waals surface area (Å²) >= 11 is 0.932. The molecule has 3 nitrogen and oxygen atoms in total. The summed E-state index contributed by atoms with van der Waals surface area (Å²) < 4.78 is 42.2. The van der Waals surface area contributed by atoms with E-state index in [-0.39, 0.29) is 5.13 Å². The maximum atomic E-state index is 12.4. The van der Waals surface area contributed by atoms with E-state index in [1.165, 1.54) is 0 Å². The molecule has 2 rings (SSSR count). The number of alkyl halides is 3. The Hall–Kier alpha value is -1.76. The Morgan fingerprint density at radius 2 is 2.16 bits per heavy atom. The van der Waals surface area contributed by atoms with Gasteiger partial charge in [-0.2, -0.15) is 13.2 Å². The molecule has 1 heterocycles. The summed E-state index contributed by atoms with van der Waals surface area (Å²) in [5.74, 6) is 0.703. The third-order valence-electron chi connectivity index (χ3n) is 2.37. The van der Waals surface area contributed by atoms with Gasteiger partial charge in [-0.1, -0.05) is 12.1 Å². The number of nitrogens with zero attached hydrogens (tertiary/aromatic N) is 1. The number of anilines is 1.